The first-order valence-electron chi connectivity index (χ1n) is 5.98. The molecule has 0 spiro atoms. The summed E-state index contributed by atoms with van der Waals surface area (Å²) in [4.78, 5) is 16.2. The minimum Gasteiger partial charge on any atom is -0.397 e. The van der Waals surface area contributed by atoms with Crippen LogP contribution in [0.4, 0.5) is 5.69 Å². The maximum Gasteiger partial charge on any atom is 0.251 e. The highest BCUT2D eigenvalue weighted by Crippen LogP contribution is 2.29. The molecule has 0 bridgehead atoms. The molecule has 2 aromatic rings. The van der Waals surface area contributed by atoms with Crippen LogP contribution in [0.3, 0.4) is 0 Å². The number of halogens is 2. The lowest BCUT2D eigenvalue weighted by Crippen LogP contribution is -2.26. The molecule has 0 fully saturated rings. The SMILES string of the molecule is Cn1ccnc1CCNC(=O)c1cc(N)c(Cl)c(Cl)c1. The number of carbonyl (C=O) groups is 1. The number of hydrogen-bond acceptors (Lipinski definition) is 3. The van der Waals surface area contributed by atoms with Gasteiger partial charge >= 0.3 is 0 Å². The summed E-state index contributed by atoms with van der Waals surface area (Å²) in [6.45, 7) is 0.476. The predicted molar refractivity (Wildman–Crippen MR) is 80.1 cm³/mol. The molecule has 5 nitrogen and oxygen atoms in total. The molecular weight excluding hydrogens is 299 g/mol. The van der Waals surface area contributed by atoms with Gasteiger partial charge in [0.25, 0.3) is 5.91 Å². The predicted octanol–water partition coefficient (Wildman–Crippen LogP) is 2.28. The van der Waals surface area contributed by atoms with Crippen LogP contribution in [-0.2, 0) is 13.5 Å². The average Bonchev–Trinajstić information content (AvgIpc) is 2.81. The van der Waals surface area contributed by atoms with Gasteiger partial charge < -0.3 is 15.6 Å². The number of hydrogen-bond donors (Lipinski definition) is 2. The summed E-state index contributed by atoms with van der Waals surface area (Å²) in [5.41, 5.74) is 6.35. The fourth-order valence-corrected chi connectivity index (χ4v) is 2.10. The Kier molecular flexibility index (Phi) is 4.52. The number of nitrogens with one attached hydrogen (secondary N) is 1. The third kappa shape index (κ3) is 3.23. The average molecular weight is 313 g/mol. The summed E-state index contributed by atoms with van der Waals surface area (Å²) >= 11 is 11.7. The number of aromatic nitrogens is 2. The van der Waals surface area contributed by atoms with Crippen molar-refractivity contribution in [1.29, 1.82) is 0 Å². The van der Waals surface area contributed by atoms with E-state index in [-0.39, 0.29) is 21.6 Å². The van der Waals surface area contributed by atoms with Gasteiger partial charge in [-0.05, 0) is 12.1 Å². The van der Waals surface area contributed by atoms with Crippen molar-refractivity contribution in [2.24, 2.45) is 7.05 Å². The van der Waals surface area contributed by atoms with E-state index in [2.05, 4.69) is 10.3 Å². The summed E-state index contributed by atoms with van der Waals surface area (Å²) in [5.74, 6) is 0.656. The maximum absolute atomic E-state index is 12.0. The van der Waals surface area contributed by atoms with Gasteiger partial charge in [0.2, 0.25) is 0 Å². The molecule has 1 amide bonds. The maximum atomic E-state index is 12.0. The third-order valence-corrected chi connectivity index (χ3v) is 3.69. The molecule has 0 saturated carbocycles. The van der Waals surface area contributed by atoms with E-state index >= 15 is 0 Å². The zero-order chi connectivity index (χ0) is 14.7. The molecular formula is C13H14Cl2N4O. The Morgan fingerprint density at radius 1 is 1.45 bits per heavy atom. The molecule has 0 atom stereocenters. The van der Waals surface area contributed by atoms with Gasteiger partial charge in [0.1, 0.15) is 5.82 Å². The first-order chi connectivity index (χ1) is 9.49. The molecule has 1 aromatic carbocycles. The topological polar surface area (TPSA) is 72.9 Å². The van der Waals surface area contributed by atoms with Crippen molar-refractivity contribution in [3.8, 4) is 0 Å². The Morgan fingerprint density at radius 2 is 2.20 bits per heavy atom. The molecule has 2 rings (SSSR count). The van der Waals surface area contributed by atoms with E-state index in [0.29, 0.717) is 18.5 Å². The lowest BCUT2D eigenvalue weighted by Gasteiger charge is -2.08. The smallest absolute Gasteiger partial charge is 0.251 e. The molecule has 3 N–H and O–H groups in total. The first-order valence-corrected chi connectivity index (χ1v) is 6.73. The van der Waals surface area contributed by atoms with E-state index < -0.39 is 0 Å². The Morgan fingerprint density at radius 3 is 2.80 bits per heavy atom. The van der Waals surface area contributed by atoms with E-state index in [9.17, 15) is 4.79 Å². The lowest BCUT2D eigenvalue weighted by atomic mass is 10.2. The Labute approximate surface area is 126 Å². The van der Waals surface area contributed by atoms with Crippen LogP contribution in [0.5, 0.6) is 0 Å². The molecule has 0 radical (unpaired) electrons. The number of aryl methyl sites for hydroxylation is 1. The number of benzene rings is 1. The number of carbonyl (C=O) groups excluding carboxylic acids is 1. The van der Waals surface area contributed by atoms with Gasteiger partial charge in [-0.25, -0.2) is 4.98 Å². The highest BCUT2D eigenvalue weighted by atomic mass is 35.5. The lowest BCUT2D eigenvalue weighted by molar-refractivity contribution is 0.0954. The van der Waals surface area contributed by atoms with Gasteiger partial charge in [-0.2, -0.15) is 0 Å². The van der Waals surface area contributed by atoms with Crippen LogP contribution in [0, 0.1) is 0 Å². The molecule has 106 valence electrons. The van der Waals surface area contributed by atoms with Gasteiger partial charge in [-0.1, -0.05) is 23.2 Å². The van der Waals surface area contributed by atoms with E-state index in [1.54, 1.807) is 6.20 Å². The van der Waals surface area contributed by atoms with Gasteiger partial charge in [0.15, 0.2) is 0 Å². The highest BCUT2D eigenvalue weighted by molar-refractivity contribution is 6.43. The minimum atomic E-state index is -0.246. The second-order valence-corrected chi connectivity index (χ2v) is 5.11. The van der Waals surface area contributed by atoms with Gasteiger partial charge in [-0.15, -0.1) is 0 Å². The molecule has 0 aliphatic rings. The van der Waals surface area contributed by atoms with Crippen molar-refractivity contribution in [2.75, 3.05) is 12.3 Å². The van der Waals surface area contributed by atoms with Crippen LogP contribution >= 0.6 is 23.2 Å². The molecule has 1 heterocycles. The van der Waals surface area contributed by atoms with E-state index in [1.165, 1.54) is 12.1 Å². The second-order valence-electron chi connectivity index (χ2n) is 4.32. The van der Waals surface area contributed by atoms with Crippen LogP contribution in [-0.4, -0.2) is 22.0 Å². The van der Waals surface area contributed by atoms with Crippen molar-refractivity contribution in [3.63, 3.8) is 0 Å². The monoisotopic (exact) mass is 312 g/mol. The molecule has 1 aromatic heterocycles. The molecule has 0 aliphatic heterocycles. The summed E-state index contributed by atoms with van der Waals surface area (Å²) in [5, 5.41) is 3.31. The van der Waals surface area contributed by atoms with Crippen molar-refractivity contribution >= 4 is 34.8 Å². The van der Waals surface area contributed by atoms with Crippen molar-refractivity contribution in [1.82, 2.24) is 14.9 Å². The number of nitrogens with two attached hydrogens (primary N) is 1. The normalized spacial score (nSPS) is 10.6. The standard InChI is InChI=1S/C13H14Cl2N4O/c1-19-5-4-17-11(19)2-3-18-13(20)8-6-9(14)12(15)10(16)7-8/h4-7H,2-3,16H2,1H3,(H,18,20). The highest BCUT2D eigenvalue weighted by Gasteiger charge is 2.11. The number of imidazole rings is 1. The summed E-state index contributed by atoms with van der Waals surface area (Å²) < 4.78 is 1.91. The summed E-state index contributed by atoms with van der Waals surface area (Å²) in [6, 6.07) is 3.00. The van der Waals surface area contributed by atoms with Crippen molar-refractivity contribution < 1.29 is 4.79 Å². The fraction of sp³-hybridized carbons (Fsp3) is 0.231. The minimum absolute atomic E-state index is 0.246. The number of rotatable bonds is 4. The van der Waals surface area contributed by atoms with Crippen LogP contribution in [0.25, 0.3) is 0 Å². The van der Waals surface area contributed by atoms with Crippen LogP contribution in [0.1, 0.15) is 16.2 Å². The Hall–Kier alpha value is -1.72. The number of nitrogens with zero attached hydrogens (tertiary/aromatic N) is 2. The quantitative estimate of drug-likeness (QED) is 0.851. The van der Waals surface area contributed by atoms with E-state index in [0.717, 1.165) is 5.82 Å². The molecule has 0 saturated heterocycles. The Bertz CT molecular complexity index is 616. The van der Waals surface area contributed by atoms with Crippen LogP contribution in [0.15, 0.2) is 24.5 Å². The molecule has 20 heavy (non-hydrogen) atoms. The first kappa shape index (κ1) is 14.7. The third-order valence-electron chi connectivity index (χ3n) is 2.87. The Balaban J connectivity index is 1.97. The van der Waals surface area contributed by atoms with Crippen molar-refractivity contribution in [3.05, 3.63) is 46.0 Å². The summed E-state index contributed by atoms with van der Waals surface area (Å²) in [7, 11) is 1.91. The van der Waals surface area contributed by atoms with E-state index in [4.69, 9.17) is 28.9 Å². The molecule has 7 heteroatoms. The van der Waals surface area contributed by atoms with Crippen LogP contribution in [0.2, 0.25) is 10.0 Å². The van der Waals surface area contributed by atoms with Gasteiger partial charge in [-0.3, -0.25) is 4.79 Å². The second kappa shape index (κ2) is 6.15. The summed E-state index contributed by atoms with van der Waals surface area (Å²) in [6.07, 6.45) is 4.22. The molecule has 0 aliphatic carbocycles. The number of nitrogen functional groups attached to an aromatic ring is 1. The van der Waals surface area contributed by atoms with E-state index in [1.807, 2.05) is 17.8 Å². The van der Waals surface area contributed by atoms with Gasteiger partial charge in [0, 0.05) is 38.0 Å². The number of amides is 1. The largest absolute Gasteiger partial charge is 0.397 e. The van der Waals surface area contributed by atoms with Crippen molar-refractivity contribution in [2.45, 2.75) is 6.42 Å². The zero-order valence-corrected chi connectivity index (χ0v) is 12.4. The number of anilines is 1. The van der Waals surface area contributed by atoms with Crippen LogP contribution < -0.4 is 11.1 Å². The molecule has 0 unspecified atom stereocenters. The van der Waals surface area contributed by atoms with Gasteiger partial charge in [0.05, 0.1) is 15.7 Å². The fourth-order valence-electron chi connectivity index (χ4n) is 1.77. The zero-order valence-electron chi connectivity index (χ0n) is 10.9.